The van der Waals surface area contributed by atoms with Crippen molar-refractivity contribution in [2.75, 3.05) is 5.75 Å². The van der Waals surface area contributed by atoms with Gasteiger partial charge < -0.3 is 9.47 Å². The summed E-state index contributed by atoms with van der Waals surface area (Å²) >= 11 is 1.12. The van der Waals surface area contributed by atoms with E-state index in [1.165, 1.54) is 10.8 Å². The molecule has 0 unspecified atom stereocenters. The maximum Gasteiger partial charge on any atom is 0.330 e. The van der Waals surface area contributed by atoms with E-state index in [9.17, 15) is 19.2 Å². The predicted molar refractivity (Wildman–Crippen MR) is 92.5 cm³/mol. The number of aryl methyl sites for hydroxylation is 1. The number of esters is 1. The lowest BCUT2D eigenvalue weighted by Crippen LogP contribution is -2.33. The molecule has 25 heavy (non-hydrogen) atoms. The molecule has 0 saturated carbocycles. The second-order valence-electron chi connectivity index (χ2n) is 5.76. The second-order valence-corrected chi connectivity index (χ2v) is 6.84. The van der Waals surface area contributed by atoms with Crippen molar-refractivity contribution in [3.63, 3.8) is 0 Å². The first-order valence-electron chi connectivity index (χ1n) is 8.18. The van der Waals surface area contributed by atoms with Gasteiger partial charge in [0.2, 0.25) is 0 Å². The van der Waals surface area contributed by atoms with E-state index in [1.54, 1.807) is 20.8 Å². The van der Waals surface area contributed by atoms with Crippen LogP contribution in [0.25, 0.3) is 0 Å². The fraction of sp³-hybridized carbons (Fsp3) is 0.625. The van der Waals surface area contributed by atoms with Crippen molar-refractivity contribution >= 4 is 22.8 Å². The van der Waals surface area contributed by atoms with Crippen molar-refractivity contribution in [1.29, 1.82) is 0 Å². The summed E-state index contributed by atoms with van der Waals surface area (Å²) in [4.78, 5) is 49.0. The predicted octanol–water partition coefficient (Wildman–Crippen LogP) is 1.12. The third kappa shape index (κ3) is 4.82. The van der Waals surface area contributed by atoms with Crippen molar-refractivity contribution in [3.05, 3.63) is 32.6 Å². The zero-order chi connectivity index (χ0) is 18.6. The minimum atomic E-state index is -0.667. The first kappa shape index (κ1) is 19.5. The van der Waals surface area contributed by atoms with Crippen LogP contribution >= 0.6 is 11.8 Å². The van der Waals surface area contributed by atoms with Gasteiger partial charge in [-0.15, -0.1) is 0 Å². The summed E-state index contributed by atoms with van der Waals surface area (Å²) in [6, 6.07) is 0. The summed E-state index contributed by atoms with van der Waals surface area (Å²) in [7, 11) is 0. The highest BCUT2D eigenvalue weighted by Gasteiger charge is 2.39. The van der Waals surface area contributed by atoms with Gasteiger partial charge in [0.15, 0.2) is 5.12 Å². The van der Waals surface area contributed by atoms with Crippen molar-refractivity contribution in [2.24, 2.45) is 0 Å². The average molecular weight is 370 g/mol. The molecule has 1 fully saturated rings. The van der Waals surface area contributed by atoms with E-state index in [2.05, 4.69) is 4.98 Å². The SMILES string of the molecule is CCC(=O)O[C@@H]1C[C@H](n2cc(C)c(=O)[nH]c2=O)O[C@@H]1CSC(=O)CC. The van der Waals surface area contributed by atoms with Gasteiger partial charge in [-0.25, -0.2) is 4.79 Å². The lowest BCUT2D eigenvalue weighted by molar-refractivity contribution is -0.150. The van der Waals surface area contributed by atoms with Gasteiger partial charge in [0.05, 0.1) is 0 Å². The largest absolute Gasteiger partial charge is 0.459 e. The van der Waals surface area contributed by atoms with Gasteiger partial charge in [-0.2, -0.15) is 0 Å². The topological polar surface area (TPSA) is 107 Å². The van der Waals surface area contributed by atoms with E-state index < -0.39 is 29.7 Å². The van der Waals surface area contributed by atoms with Gasteiger partial charge in [-0.3, -0.25) is 23.9 Å². The van der Waals surface area contributed by atoms with Gasteiger partial charge in [-0.1, -0.05) is 25.6 Å². The standard InChI is InChI=1S/C16H22N2O6S/c1-4-13(19)24-10-6-12(23-11(10)8-25-14(20)5-2)18-7-9(3)15(21)17-16(18)22/h7,10-12H,4-6,8H2,1-3H3,(H,17,21,22)/t10-,11-,12-/m1/s1. The molecule has 0 radical (unpaired) electrons. The molecule has 1 saturated heterocycles. The monoisotopic (exact) mass is 370 g/mol. The highest BCUT2D eigenvalue weighted by Crippen LogP contribution is 2.32. The molecule has 0 spiro atoms. The molecule has 0 aliphatic carbocycles. The fourth-order valence-corrected chi connectivity index (χ4v) is 3.32. The van der Waals surface area contributed by atoms with Crippen LogP contribution in [-0.4, -0.2) is 38.6 Å². The molecule has 8 nitrogen and oxygen atoms in total. The molecule has 9 heteroatoms. The van der Waals surface area contributed by atoms with Crippen LogP contribution in [0, 0.1) is 6.92 Å². The smallest absolute Gasteiger partial charge is 0.330 e. The number of hydrogen-bond acceptors (Lipinski definition) is 7. The van der Waals surface area contributed by atoms with Crippen LogP contribution in [0.2, 0.25) is 0 Å². The Labute approximate surface area is 148 Å². The molecule has 138 valence electrons. The van der Waals surface area contributed by atoms with Crippen LogP contribution in [0.5, 0.6) is 0 Å². The van der Waals surface area contributed by atoms with Crippen molar-refractivity contribution in [2.45, 2.75) is 58.5 Å². The number of aromatic nitrogens is 2. The van der Waals surface area contributed by atoms with Gasteiger partial charge in [0.25, 0.3) is 5.56 Å². The summed E-state index contributed by atoms with van der Waals surface area (Å²) in [6.45, 7) is 5.05. The molecule has 1 N–H and O–H groups in total. The Hall–Kier alpha value is -1.87. The maximum absolute atomic E-state index is 12.0. The Morgan fingerprint density at radius 1 is 1.36 bits per heavy atom. The van der Waals surface area contributed by atoms with E-state index in [0.717, 1.165) is 11.8 Å². The molecule has 2 heterocycles. The molecule has 1 aromatic heterocycles. The molecule has 3 atom stereocenters. The number of aromatic amines is 1. The van der Waals surface area contributed by atoms with Crippen LogP contribution in [-0.2, 0) is 19.1 Å². The van der Waals surface area contributed by atoms with E-state index in [0.29, 0.717) is 17.7 Å². The Morgan fingerprint density at radius 3 is 2.72 bits per heavy atom. The molecular weight excluding hydrogens is 348 g/mol. The summed E-state index contributed by atoms with van der Waals surface area (Å²) < 4.78 is 12.6. The van der Waals surface area contributed by atoms with Gasteiger partial charge in [-0.05, 0) is 6.92 Å². The van der Waals surface area contributed by atoms with Crippen molar-refractivity contribution in [1.82, 2.24) is 9.55 Å². The normalized spacial score (nSPS) is 22.8. The van der Waals surface area contributed by atoms with E-state index in [4.69, 9.17) is 9.47 Å². The lowest BCUT2D eigenvalue weighted by atomic mass is 10.2. The molecular formula is C16H22N2O6S. The quantitative estimate of drug-likeness (QED) is 0.748. The number of carbonyl (C=O) groups is 2. The minimum Gasteiger partial charge on any atom is -0.459 e. The van der Waals surface area contributed by atoms with Crippen LogP contribution < -0.4 is 11.2 Å². The van der Waals surface area contributed by atoms with Gasteiger partial charge >= 0.3 is 11.7 Å². The average Bonchev–Trinajstić information content (AvgIpc) is 2.98. The zero-order valence-electron chi connectivity index (χ0n) is 14.4. The van der Waals surface area contributed by atoms with E-state index in [-0.39, 0.29) is 23.9 Å². The lowest BCUT2D eigenvalue weighted by Gasteiger charge is -2.18. The Bertz CT molecular complexity index is 756. The third-order valence-electron chi connectivity index (χ3n) is 3.91. The summed E-state index contributed by atoms with van der Waals surface area (Å²) in [6.07, 6.45) is 0.625. The molecule has 2 rings (SSSR count). The van der Waals surface area contributed by atoms with Crippen molar-refractivity contribution in [3.8, 4) is 0 Å². The van der Waals surface area contributed by atoms with Crippen LogP contribution in [0.3, 0.4) is 0 Å². The number of carbonyl (C=O) groups excluding carboxylic acids is 2. The number of H-pyrrole nitrogens is 1. The number of nitrogens with one attached hydrogen (secondary N) is 1. The number of hydrogen-bond donors (Lipinski definition) is 1. The molecule has 0 bridgehead atoms. The van der Waals surface area contributed by atoms with Crippen molar-refractivity contribution < 1.29 is 19.1 Å². The van der Waals surface area contributed by atoms with Crippen LogP contribution in [0.1, 0.15) is 44.9 Å². The third-order valence-corrected chi connectivity index (χ3v) is 5.01. The molecule has 0 aromatic carbocycles. The first-order chi connectivity index (χ1) is 11.8. The molecule has 1 aromatic rings. The number of rotatable bonds is 6. The highest BCUT2D eigenvalue weighted by molar-refractivity contribution is 8.13. The number of thioether (sulfide) groups is 1. The molecule has 1 aliphatic rings. The Morgan fingerprint density at radius 2 is 2.08 bits per heavy atom. The molecule has 0 amide bonds. The van der Waals surface area contributed by atoms with Crippen LogP contribution in [0.4, 0.5) is 0 Å². The minimum absolute atomic E-state index is 0.0182. The van der Waals surface area contributed by atoms with Gasteiger partial charge in [0, 0.05) is 36.8 Å². The zero-order valence-corrected chi connectivity index (χ0v) is 15.3. The molecule has 1 aliphatic heterocycles. The highest BCUT2D eigenvalue weighted by atomic mass is 32.2. The summed E-state index contributed by atoms with van der Waals surface area (Å²) in [5.41, 5.74) is -0.655. The van der Waals surface area contributed by atoms with Crippen LogP contribution in [0.15, 0.2) is 15.8 Å². The van der Waals surface area contributed by atoms with E-state index in [1.807, 2.05) is 0 Å². The van der Waals surface area contributed by atoms with E-state index >= 15 is 0 Å². The summed E-state index contributed by atoms with van der Waals surface area (Å²) in [5, 5.41) is 0.0182. The number of nitrogens with zero attached hydrogens (tertiary/aromatic N) is 1. The summed E-state index contributed by atoms with van der Waals surface area (Å²) in [5.74, 6) is -0.0295. The maximum atomic E-state index is 12.0. The Balaban J connectivity index is 2.20. The van der Waals surface area contributed by atoms with Gasteiger partial charge in [0.1, 0.15) is 18.4 Å². The first-order valence-corrected chi connectivity index (χ1v) is 9.16. The second kappa shape index (κ2) is 8.48. The number of ether oxygens (including phenoxy) is 2. The Kier molecular flexibility index (Phi) is 6.60. The fourth-order valence-electron chi connectivity index (χ4n) is 2.47.